The molecule has 0 bridgehead atoms. The van der Waals surface area contributed by atoms with E-state index in [2.05, 4.69) is 12.8 Å². The number of urea groups is 1. The molecule has 0 fully saturated rings. The van der Waals surface area contributed by atoms with Crippen LogP contribution in [0.15, 0.2) is 60.7 Å². The van der Waals surface area contributed by atoms with Crippen LogP contribution in [0.4, 0.5) is 10.5 Å². The Balaban J connectivity index is 1.40. The maximum atomic E-state index is 11.2. The molecule has 7 heteroatoms. The van der Waals surface area contributed by atoms with Crippen LogP contribution < -0.4 is 19.5 Å². The highest BCUT2D eigenvalue weighted by Gasteiger charge is 2.08. The van der Waals surface area contributed by atoms with Crippen LogP contribution in [0.1, 0.15) is 19.3 Å². The number of hydrogen-bond donors (Lipinski definition) is 2. The first-order chi connectivity index (χ1) is 14.1. The second kappa shape index (κ2) is 10.3. The van der Waals surface area contributed by atoms with Crippen molar-refractivity contribution in [1.29, 1.82) is 0 Å². The van der Waals surface area contributed by atoms with Crippen molar-refractivity contribution in [3.05, 3.63) is 65.7 Å². The number of amides is 2. The Bertz CT molecular complexity index is 983. The predicted octanol–water partition coefficient (Wildman–Crippen LogP) is 5.85. The number of halogens is 1. The van der Waals surface area contributed by atoms with Gasteiger partial charge in [-0.3, -0.25) is 0 Å². The number of carbonyl (C=O) groups is 1. The minimum absolute atomic E-state index is 0.571. The Morgan fingerprint density at radius 2 is 1.66 bits per heavy atom. The fourth-order valence-electron chi connectivity index (χ4n) is 2.95. The van der Waals surface area contributed by atoms with Gasteiger partial charge in [-0.2, -0.15) is 0 Å². The molecule has 0 radical (unpaired) electrons. The summed E-state index contributed by atoms with van der Waals surface area (Å²) in [6.07, 6.45) is 2.80. The lowest BCUT2D eigenvalue weighted by molar-refractivity contribution is 0.257. The fourth-order valence-corrected chi connectivity index (χ4v) is 3.30. The topological polar surface area (TPSA) is 64.8 Å². The number of ether oxygens (including phenoxy) is 2. The van der Waals surface area contributed by atoms with Gasteiger partial charge in [0.15, 0.2) is 0 Å². The highest BCUT2D eigenvalue weighted by Crippen LogP contribution is 2.31. The van der Waals surface area contributed by atoms with Gasteiger partial charge in [0.2, 0.25) is 0 Å². The molecular formula is C22H23ClN2O3S. The minimum Gasteiger partial charge on any atom is -0.494 e. The van der Waals surface area contributed by atoms with Gasteiger partial charge in [0.25, 0.3) is 0 Å². The molecule has 2 amide bonds. The summed E-state index contributed by atoms with van der Waals surface area (Å²) in [5.41, 5.74) is 5.79. The molecule has 3 rings (SSSR count). The summed E-state index contributed by atoms with van der Waals surface area (Å²) in [6.45, 7) is 1.21. The molecule has 0 aliphatic rings. The van der Waals surface area contributed by atoms with E-state index in [0.29, 0.717) is 24.7 Å². The molecule has 2 N–H and O–H groups in total. The molecule has 0 aromatic heterocycles. The first kappa shape index (κ1) is 21.1. The quantitative estimate of drug-likeness (QED) is 0.330. The zero-order valence-corrected chi connectivity index (χ0v) is 17.5. The highest BCUT2D eigenvalue weighted by atomic mass is 35.5. The summed E-state index contributed by atoms with van der Waals surface area (Å²) < 4.78 is 12.8. The van der Waals surface area contributed by atoms with Crippen LogP contribution in [0.3, 0.4) is 0 Å². The number of fused-ring (bicyclic) bond motifs is 1. The molecule has 152 valence electrons. The third-order valence-electron chi connectivity index (χ3n) is 4.42. The van der Waals surface area contributed by atoms with Crippen molar-refractivity contribution in [2.45, 2.75) is 19.3 Å². The number of thiol groups is 1. The van der Waals surface area contributed by atoms with Crippen molar-refractivity contribution >= 4 is 46.9 Å². The third kappa shape index (κ3) is 5.71. The van der Waals surface area contributed by atoms with E-state index < -0.39 is 6.03 Å². The first-order valence-corrected chi connectivity index (χ1v) is 10.2. The lowest BCUT2D eigenvalue weighted by atomic mass is 10.1. The molecule has 0 heterocycles. The Morgan fingerprint density at radius 3 is 2.41 bits per heavy atom. The van der Waals surface area contributed by atoms with Crippen LogP contribution in [0.25, 0.3) is 10.8 Å². The molecule has 3 aromatic carbocycles. The number of rotatable bonds is 9. The van der Waals surface area contributed by atoms with E-state index in [1.165, 1.54) is 0 Å². The van der Waals surface area contributed by atoms with Crippen molar-refractivity contribution in [2.75, 3.05) is 17.5 Å². The smallest absolute Gasteiger partial charge is 0.329 e. The molecule has 3 aromatic rings. The Labute approximate surface area is 180 Å². The van der Waals surface area contributed by atoms with Crippen molar-refractivity contribution in [3.8, 4) is 11.5 Å². The second-order valence-corrected chi connectivity index (χ2v) is 7.30. The van der Waals surface area contributed by atoms with Crippen LogP contribution in [0, 0.1) is 0 Å². The summed E-state index contributed by atoms with van der Waals surface area (Å²) >= 11 is 10.3. The Morgan fingerprint density at radius 1 is 0.931 bits per heavy atom. The normalized spacial score (nSPS) is 10.7. The maximum Gasteiger partial charge on any atom is 0.329 e. The minimum atomic E-state index is -0.640. The predicted molar refractivity (Wildman–Crippen MR) is 121 cm³/mol. The van der Waals surface area contributed by atoms with Crippen molar-refractivity contribution < 1.29 is 14.3 Å². The lowest BCUT2D eigenvalue weighted by Gasteiger charge is -2.14. The van der Waals surface area contributed by atoms with Gasteiger partial charge in [0.05, 0.1) is 18.9 Å². The average Bonchev–Trinajstić information content (AvgIpc) is 2.74. The van der Waals surface area contributed by atoms with Crippen LogP contribution in [0.2, 0.25) is 5.02 Å². The van der Waals surface area contributed by atoms with Gasteiger partial charge in [-0.05, 0) is 43.5 Å². The van der Waals surface area contributed by atoms with Gasteiger partial charge in [-0.25, -0.2) is 9.10 Å². The third-order valence-corrected chi connectivity index (χ3v) is 5.17. The van der Waals surface area contributed by atoms with Gasteiger partial charge in [-0.1, -0.05) is 54.7 Å². The Hall–Kier alpha value is -2.57. The van der Waals surface area contributed by atoms with E-state index in [1.807, 2.05) is 42.5 Å². The molecule has 0 aliphatic carbocycles. The zero-order chi connectivity index (χ0) is 20.6. The Kier molecular flexibility index (Phi) is 7.49. The summed E-state index contributed by atoms with van der Waals surface area (Å²) in [5, 5.41) is 2.75. The van der Waals surface area contributed by atoms with Crippen molar-refractivity contribution in [3.63, 3.8) is 0 Å². The second-order valence-electron chi connectivity index (χ2n) is 6.50. The molecule has 0 atom stereocenters. The van der Waals surface area contributed by atoms with E-state index in [0.717, 1.165) is 45.1 Å². The molecule has 0 spiro atoms. The maximum absolute atomic E-state index is 11.2. The number of nitrogens with zero attached hydrogens (tertiary/aromatic N) is 1. The standard InChI is InChI=1S/C22H23ClN2O3S/c23-20-11-12-21(19-10-3-2-9-18(19)20)28-14-5-1-4-13-27-17-8-6-7-16(15-17)25(29)22(24)26/h2-3,6-12,15,29H,1,4-5,13-14H2,(H2,24,26). The molecule has 0 saturated carbocycles. The van der Waals surface area contributed by atoms with Crippen molar-refractivity contribution in [2.24, 2.45) is 5.73 Å². The number of anilines is 1. The fraction of sp³-hybridized carbons (Fsp3) is 0.227. The lowest BCUT2D eigenvalue weighted by Crippen LogP contribution is -2.27. The molecule has 29 heavy (non-hydrogen) atoms. The number of unbranched alkanes of at least 4 members (excludes halogenated alkanes) is 2. The van der Waals surface area contributed by atoms with Gasteiger partial charge >= 0.3 is 6.03 Å². The van der Waals surface area contributed by atoms with Gasteiger partial charge in [0.1, 0.15) is 11.5 Å². The van der Waals surface area contributed by atoms with E-state index in [9.17, 15) is 4.79 Å². The van der Waals surface area contributed by atoms with Crippen LogP contribution in [-0.4, -0.2) is 19.2 Å². The molecule has 0 saturated heterocycles. The van der Waals surface area contributed by atoms with Gasteiger partial charge in [0, 0.05) is 21.9 Å². The number of carbonyl (C=O) groups excluding carboxylic acids is 1. The molecule has 0 unspecified atom stereocenters. The summed E-state index contributed by atoms with van der Waals surface area (Å²) in [7, 11) is 0. The largest absolute Gasteiger partial charge is 0.494 e. The van der Waals surface area contributed by atoms with Crippen molar-refractivity contribution in [1.82, 2.24) is 0 Å². The number of benzene rings is 3. The summed E-state index contributed by atoms with van der Waals surface area (Å²) in [5.74, 6) is 1.52. The summed E-state index contributed by atoms with van der Waals surface area (Å²) in [6, 6.07) is 18.2. The first-order valence-electron chi connectivity index (χ1n) is 9.37. The number of hydrogen-bond acceptors (Lipinski definition) is 4. The van der Waals surface area contributed by atoms with Gasteiger partial charge < -0.3 is 15.2 Å². The average molecular weight is 431 g/mol. The van der Waals surface area contributed by atoms with Crippen LogP contribution >= 0.6 is 24.4 Å². The number of primary amides is 1. The van der Waals surface area contributed by atoms with E-state index >= 15 is 0 Å². The van der Waals surface area contributed by atoms with Crippen LogP contribution in [-0.2, 0) is 0 Å². The summed E-state index contributed by atoms with van der Waals surface area (Å²) in [4.78, 5) is 11.2. The monoisotopic (exact) mass is 430 g/mol. The SMILES string of the molecule is NC(=O)N(S)c1cccc(OCCCCCOc2ccc(Cl)c3ccccc23)c1. The molecule has 5 nitrogen and oxygen atoms in total. The van der Waals surface area contributed by atoms with E-state index in [4.69, 9.17) is 26.8 Å². The van der Waals surface area contributed by atoms with Gasteiger partial charge in [-0.15, -0.1) is 0 Å². The number of nitrogens with two attached hydrogens (primary N) is 1. The van der Waals surface area contributed by atoms with Crippen LogP contribution in [0.5, 0.6) is 11.5 Å². The molecular weight excluding hydrogens is 408 g/mol. The van der Waals surface area contributed by atoms with E-state index in [1.54, 1.807) is 18.2 Å². The highest BCUT2D eigenvalue weighted by molar-refractivity contribution is 7.82. The molecule has 0 aliphatic heterocycles. The zero-order valence-electron chi connectivity index (χ0n) is 15.9. The van der Waals surface area contributed by atoms with E-state index in [-0.39, 0.29) is 0 Å².